The van der Waals surface area contributed by atoms with E-state index in [1.807, 2.05) is 30.3 Å². The molecule has 4 rings (SSSR count). The number of ketones is 1. The fourth-order valence-electron chi connectivity index (χ4n) is 3.26. The molecule has 4 nitrogen and oxygen atoms in total. The zero-order chi connectivity index (χ0) is 22.4. The number of aliphatic hydroxyl groups excluding tert-OH is 1. The number of fused-ring (bicyclic) bond motifs is 3. The van der Waals surface area contributed by atoms with Gasteiger partial charge in [-0.05, 0) is 47.6 Å². The van der Waals surface area contributed by atoms with Crippen molar-refractivity contribution in [3.8, 4) is 11.6 Å². The number of pyridine rings is 1. The van der Waals surface area contributed by atoms with Crippen LogP contribution in [0, 0.1) is 6.07 Å². The molecule has 0 unspecified atom stereocenters. The second kappa shape index (κ2) is 11.6. The number of benzene rings is 3. The van der Waals surface area contributed by atoms with Crippen molar-refractivity contribution in [2.75, 3.05) is 0 Å². The number of aliphatic hydroxyl groups is 1. The first-order chi connectivity index (χ1) is 14.8. The maximum absolute atomic E-state index is 10.0. The summed E-state index contributed by atoms with van der Waals surface area (Å²) in [5.74, 6) is 1.72. The first-order valence-electron chi connectivity index (χ1n) is 10.2. The van der Waals surface area contributed by atoms with Gasteiger partial charge in [-0.15, -0.1) is 12.1 Å². The minimum absolute atomic E-state index is 0. The van der Waals surface area contributed by atoms with Crippen LogP contribution < -0.4 is 4.74 Å². The Kier molecular flexibility index (Phi) is 9.13. The van der Waals surface area contributed by atoms with Crippen molar-refractivity contribution < 1.29 is 34.7 Å². The van der Waals surface area contributed by atoms with Gasteiger partial charge in [-0.1, -0.05) is 44.2 Å². The Bertz CT molecular complexity index is 1230. The standard InChI is InChI=1S/C22H18NO.C5H8O2.Ir/c1-15(2)18-11-9-16-8-10-17-12-13-23-22(21(17)20(16)14-18)24-19-6-4-3-5-7-19;1-4(6)3-5(2)7;/h3-6,8-15H,1-2H3;3,6H,1-2H3;/q-1;;/b;4-3-;. The quantitative estimate of drug-likeness (QED) is 0.116. The van der Waals surface area contributed by atoms with E-state index in [4.69, 9.17) is 9.84 Å². The normalized spacial score (nSPS) is 11.0. The van der Waals surface area contributed by atoms with E-state index in [0.29, 0.717) is 17.5 Å². The van der Waals surface area contributed by atoms with E-state index >= 15 is 0 Å². The molecule has 0 fully saturated rings. The zero-order valence-corrected chi connectivity index (χ0v) is 20.9. The molecule has 3 aromatic carbocycles. The second-order valence-corrected chi connectivity index (χ2v) is 7.64. The van der Waals surface area contributed by atoms with Crippen molar-refractivity contribution in [3.05, 3.63) is 90.3 Å². The van der Waals surface area contributed by atoms with Crippen LogP contribution in [0.1, 0.15) is 39.2 Å². The van der Waals surface area contributed by atoms with Crippen molar-refractivity contribution in [1.29, 1.82) is 0 Å². The van der Waals surface area contributed by atoms with Crippen molar-refractivity contribution >= 4 is 27.3 Å². The van der Waals surface area contributed by atoms with E-state index in [1.165, 1.54) is 36.3 Å². The van der Waals surface area contributed by atoms with Gasteiger partial charge in [-0.3, -0.25) is 4.79 Å². The number of para-hydroxylation sites is 1. The average Bonchev–Trinajstić information content (AvgIpc) is 2.73. The summed E-state index contributed by atoms with van der Waals surface area (Å²) in [5.41, 5.74) is 1.32. The van der Waals surface area contributed by atoms with E-state index in [2.05, 4.69) is 55.2 Å². The topological polar surface area (TPSA) is 59.4 Å². The summed E-state index contributed by atoms with van der Waals surface area (Å²) < 4.78 is 6.03. The molecule has 0 saturated heterocycles. The second-order valence-electron chi connectivity index (χ2n) is 7.64. The molecule has 5 heteroatoms. The van der Waals surface area contributed by atoms with Gasteiger partial charge < -0.3 is 9.84 Å². The van der Waals surface area contributed by atoms with E-state index < -0.39 is 0 Å². The molecule has 0 spiro atoms. The molecule has 0 amide bonds. The minimum Gasteiger partial charge on any atom is -0.512 e. The van der Waals surface area contributed by atoms with Crippen molar-refractivity contribution in [2.45, 2.75) is 33.6 Å². The first-order valence-corrected chi connectivity index (χ1v) is 10.2. The molecule has 32 heavy (non-hydrogen) atoms. The molecule has 0 bridgehead atoms. The molecular weight excluding hydrogens is 579 g/mol. The number of hydrogen-bond donors (Lipinski definition) is 1. The van der Waals surface area contributed by atoms with E-state index in [9.17, 15) is 4.79 Å². The first kappa shape index (κ1) is 25.3. The molecule has 1 N–H and O–H groups in total. The largest absolute Gasteiger partial charge is 0.512 e. The van der Waals surface area contributed by atoms with Crippen LogP contribution >= 0.6 is 0 Å². The molecule has 0 saturated carbocycles. The summed E-state index contributed by atoms with van der Waals surface area (Å²) in [6.07, 6.45) is 2.96. The van der Waals surface area contributed by atoms with Gasteiger partial charge in [0.2, 0.25) is 5.88 Å². The van der Waals surface area contributed by atoms with Gasteiger partial charge in [-0.25, -0.2) is 4.98 Å². The van der Waals surface area contributed by atoms with E-state index in [0.717, 1.165) is 10.8 Å². The molecule has 0 aliphatic heterocycles. The number of carbonyl (C=O) groups is 1. The van der Waals surface area contributed by atoms with Gasteiger partial charge in [0.15, 0.2) is 5.78 Å². The van der Waals surface area contributed by atoms with Gasteiger partial charge in [0, 0.05) is 38.1 Å². The molecule has 1 radical (unpaired) electrons. The Morgan fingerprint density at radius 1 is 1.06 bits per heavy atom. The van der Waals surface area contributed by atoms with Crippen LogP contribution in [-0.2, 0) is 24.9 Å². The van der Waals surface area contributed by atoms with Crippen LogP contribution in [0.3, 0.4) is 0 Å². The summed E-state index contributed by atoms with van der Waals surface area (Å²) in [7, 11) is 0. The fraction of sp³-hybridized carbons (Fsp3) is 0.185. The summed E-state index contributed by atoms with van der Waals surface area (Å²) in [5, 5.41) is 12.9. The predicted molar refractivity (Wildman–Crippen MR) is 126 cm³/mol. The van der Waals surface area contributed by atoms with Crippen molar-refractivity contribution in [2.24, 2.45) is 0 Å². The number of nitrogens with zero attached hydrogens (tertiary/aromatic N) is 1. The number of allylic oxidation sites excluding steroid dienone is 2. The Balaban J connectivity index is 0.000000398. The summed E-state index contributed by atoms with van der Waals surface area (Å²) in [6, 6.07) is 23.6. The van der Waals surface area contributed by atoms with Crippen LogP contribution in [0.2, 0.25) is 0 Å². The van der Waals surface area contributed by atoms with Crippen molar-refractivity contribution in [3.63, 3.8) is 0 Å². The van der Waals surface area contributed by atoms with Gasteiger partial charge in [0.25, 0.3) is 0 Å². The zero-order valence-electron chi connectivity index (χ0n) is 18.5. The van der Waals surface area contributed by atoms with Crippen molar-refractivity contribution in [1.82, 2.24) is 4.98 Å². The Hall–Kier alpha value is -3.01. The third-order valence-electron chi connectivity index (χ3n) is 4.70. The third kappa shape index (κ3) is 6.49. The number of ether oxygens (including phenoxy) is 1. The maximum Gasteiger partial charge on any atom is 0.225 e. The summed E-state index contributed by atoms with van der Waals surface area (Å²) >= 11 is 0. The van der Waals surface area contributed by atoms with Gasteiger partial charge in [0.05, 0.1) is 11.1 Å². The van der Waals surface area contributed by atoms with Gasteiger partial charge in [-0.2, -0.15) is 18.2 Å². The van der Waals surface area contributed by atoms with Crippen LogP contribution in [0.15, 0.2) is 78.7 Å². The van der Waals surface area contributed by atoms with E-state index in [-0.39, 0.29) is 31.6 Å². The number of carbonyl (C=O) groups excluding carboxylic acids is 1. The molecule has 0 aliphatic rings. The van der Waals surface area contributed by atoms with Gasteiger partial charge >= 0.3 is 0 Å². The number of rotatable bonds is 4. The van der Waals surface area contributed by atoms with Crippen LogP contribution in [0.25, 0.3) is 21.5 Å². The fourth-order valence-corrected chi connectivity index (χ4v) is 3.26. The smallest absolute Gasteiger partial charge is 0.225 e. The van der Waals surface area contributed by atoms with Crippen LogP contribution in [0.4, 0.5) is 0 Å². The Labute approximate surface area is 202 Å². The third-order valence-corrected chi connectivity index (χ3v) is 4.70. The predicted octanol–water partition coefficient (Wildman–Crippen LogP) is 7.14. The molecule has 167 valence electrons. The van der Waals surface area contributed by atoms with Crippen LogP contribution in [0.5, 0.6) is 11.6 Å². The molecule has 1 aromatic heterocycles. The minimum atomic E-state index is -0.125. The monoisotopic (exact) mass is 605 g/mol. The summed E-state index contributed by atoms with van der Waals surface area (Å²) in [6.45, 7) is 7.27. The molecule has 0 atom stereocenters. The Morgan fingerprint density at radius 3 is 2.38 bits per heavy atom. The average molecular weight is 605 g/mol. The van der Waals surface area contributed by atoms with Gasteiger partial charge in [0.1, 0.15) is 0 Å². The molecular formula is C27H26IrNO3-. The number of hydrogen-bond acceptors (Lipinski definition) is 4. The van der Waals surface area contributed by atoms with Crippen LogP contribution in [-0.4, -0.2) is 15.9 Å². The molecule has 4 aromatic rings. The Morgan fingerprint density at radius 2 is 1.78 bits per heavy atom. The molecule has 1 heterocycles. The SMILES string of the molecule is CC(=O)/C=C(/C)O.CC(C)c1ccc2ccc3ccnc(Oc4[c-]cccc4)c3c2c1.[Ir]. The number of aromatic nitrogens is 1. The summed E-state index contributed by atoms with van der Waals surface area (Å²) in [4.78, 5) is 14.5. The maximum atomic E-state index is 10.0. The molecule has 0 aliphatic carbocycles. The van der Waals surface area contributed by atoms with E-state index in [1.54, 1.807) is 6.20 Å².